The zero-order valence-corrected chi connectivity index (χ0v) is 14.4. The highest BCUT2D eigenvalue weighted by Gasteiger charge is 2.28. The average molecular weight is 337 g/mol. The van der Waals surface area contributed by atoms with Gasteiger partial charge in [0.05, 0.1) is 20.8 Å². The summed E-state index contributed by atoms with van der Waals surface area (Å²) in [6.45, 7) is 2.18. The third-order valence-electron chi connectivity index (χ3n) is 4.56. The topological polar surface area (TPSA) is 36.5 Å². The zero-order chi connectivity index (χ0) is 17.2. The molecule has 0 saturated carbocycles. The number of imidazole rings is 1. The van der Waals surface area contributed by atoms with E-state index >= 15 is 0 Å². The predicted octanol–water partition coefficient (Wildman–Crippen LogP) is 2.98. The van der Waals surface area contributed by atoms with Crippen LogP contribution in [-0.2, 0) is 17.9 Å². The third kappa shape index (κ3) is 2.87. The molecular weight excluding hydrogens is 316 g/mol. The Morgan fingerprint density at radius 1 is 0.920 bits per heavy atom. The Kier molecular flexibility index (Phi) is 4.15. The van der Waals surface area contributed by atoms with Gasteiger partial charge in [0.2, 0.25) is 0 Å². The van der Waals surface area contributed by atoms with Crippen LogP contribution in [0.15, 0.2) is 54.7 Å². The predicted molar refractivity (Wildman–Crippen MR) is 94.2 cm³/mol. The van der Waals surface area contributed by atoms with Gasteiger partial charge in [0.15, 0.2) is 5.69 Å². The van der Waals surface area contributed by atoms with Crippen LogP contribution in [-0.4, -0.2) is 25.4 Å². The quantitative estimate of drug-likeness (QED) is 0.687. The molecule has 2 heterocycles. The average Bonchev–Trinajstić information content (AvgIpc) is 3.08. The smallest absolute Gasteiger partial charge is 0.288 e. The monoisotopic (exact) mass is 337 g/mol. The van der Waals surface area contributed by atoms with E-state index in [0.717, 1.165) is 41.7 Å². The second kappa shape index (κ2) is 6.61. The first-order chi connectivity index (χ1) is 12.3. The van der Waals surface area contributed by atoms with Gasteiger partial charge >= 0.3 is 0 Å². The van der Waals surface area contributed by atoms with Gasteiger partial charge in [-0.3, -0.25) is 0 Å². The fourth-order valence-electron chi connectivity index (χ4n) is 3.21. The molecule has 25 heavy (non-hydrogen) atoms. The molecule has 2 aromatic carbocycles. The van der Waals surface area contributed by atoms with Crippen molar-refractivity contribution in [1.29, 1.82) is 0 Å². The summed E-state index contributed by atoms with van der Waals surface area (Å²) in [5.41, 5.74) is 3.43. The molecule has 5 nitrogen and oxygen atoms in total. The molecule has 0 spiro atoms. The molecule has 0 saturated heterocycles. The Labute approximate surface area is 147 Å². The maximum absolute atomic E-state index is 5.70. The molecule has 0 bridgehead atoms. The molecular formula is C20H21N2O3+. The molecule has 1 aliphatic heterocycles. The molecule has 1 aliphatic rings. The fourth-order valence-corrected chi connectivity index (χ4v) is 3.21. The van der Waals surface area contributed by atoms with E-state index in [4.69, 9.17) is 14.2 Å². The maximum Gasteiger partial charge on any atom is 0.288 e. The summed E-state index contributed by atoms with van der Waals surface area (Å²) in [4.78, 5) is 0. The minimum absolute atomic E-state index is 0.599. The van der Waals surface area contributed by atoms with Crippen molar-refractivity contribution in [3.63, 3.8) is 0 Å². The van der Waals surface area contributed by atoms with Gasteiger partial charge in [-0.2, -0.15) is 4.57 Å². The lowest BCUT2D eigenvalue weighted by atomic mass is 10.1. The van der Waals surface area contributed by atoms with Crippen molar-refractivity contribution in [1.82, 2.24) is 4.57 Å². The van der Waals surface area contributed by atoms with Crippen LogP contribution < -0.4 is 14.0 Å². The summed E-state index contributed by atoms with van der Waals surface area (Å²) >= 11 is 0. The van der Waals surface area contributed by atoms with Gasteiger partial charge in [-0.25, -0.2) is 4.57 Å². The summed E-state index contributed by atoms with van der Waals surface area (Å²) in [5.74, 6) is 2.85. The highest BCUT2D eigenvalue weighted by Crippen LogP contribution is 2.25. The summed E-state index contributed by atoms with van der Waals surface area (Å²) in [7, 11) is 3.36. The molecule has 0 fully saturated rings. The normalized spacial score (nSPS) is 13.4. The Morgan fingerprint density at radius 3 is 2.20 bits per heavy atom. The van der Waals surface area contributed by atoms with Gasteiger partial charge in [0, 0.05) is 5.56 Å². The molecule has 0 N–H and O–H groups in total. The maximum atomic E-state index is 5.70. The van der Waals surface area contributed by atoms with Crippen molar-refractivity contribution < 1.29 is 18.8 Å². The number of rotatable bonds is 4. The number of hydrogen-bond donors (Lipinski definition) is 0. The van der Waals surface area contributed by atoms with Crippen molar-refractivity contribution in [3.05, 3.63) is 60.6 Å². The van der Waals surface area contributed by atoms with E-state index in [1.54, 1.807) is 14.2 Å². The number of benzene rings is 2. The lowest BCUT2D eigenvalue weighted by molar-refractivity contribution is -0.706. The molecule has 5 heteroatoms. The highest BCUT2D eigenvalue weighted by molar-refractivity contribution is 5.58. The van der Waals surface area contributed by atoms with Crippen molar-refractivity contribution in [2.45, 2.75) is 13.2 Å². The van der Waals surface area contributed by atoms with Crippen LogP contribution in [0.2, 0.25) is 0 Å². The van der Waals surface area contributed by atoms with E-state index in [0.29, 0.717) is 6.61 Å². The van der Waals surface area contributed by atoms with Crippen molar-refractivity contribution >= 4 is 0 Å². The molecule has 0 atom stereocenters. The number of ether oxygens (including phenoxy) is 3. The highest BCUT2D eigenvalue weighted by atomic mass is 16.5. The van der Waals surface area contributed by atoms with Crippen molar-refractivity contribution in [2.24, 2.45) is 0 Å². The second-order valence-corrected chi connectivity index (χ2v) is 5.93. The number of hydrogen-bond acceptors (Lipinski definition) is 3. The van der Waals surface area contributed by atoms with Gasteiger partial charge in [-0.05, 0) is 48.5 Å². The Morgan fingerprint density at radius 2 is 1.56 bits per heavy atom. The third-order valence-corrected chi connectivity index (χ3v) is 4.56. The van der Waals surface area contributed by atoms with Crippen LogP contribution in [0.4, 0.5) is 0 Å². The largest absolute Gasteiger partial charge is 0.497 e. The molecule has 128 valence electrons. The van der Waals surface area contributed by atoms with Crippen molar-refractivity contribution in [3.8, 4) is 28.4 Å². The van der Waals surface area contributed by atoms with E-state index in [1.807, 2.05) is 24.3 Å². The number of aromatic nitrogens is 2. The van der Waals surface area contributed by atoms with E-state index in [1.165, 1.54) is 5.69 Å². The molecule has 1 aromatic heterocycles. The standard InChI is InChI=1S/C20H21N2O3/c1-23-17-7-3-15(4-8-17)19-13-22(20-14-25-12-11-21(19)20)16-5-9-18(24-2)10-6-16/h3-10,13H,11-12,14H2,1-2H3/q+1. The number of methoxy groups -OCH3 is 2. The van der Waals surface area contributed by atoms with Gasteiger partial charge in [-0.15, -0.1) is 0 Å². The molecule has 0 radical (unpaired) electrons. The molecule has 3 aromatic rings. The Hall–Kier alpha value is -2.79. The lowest BCUT2D eigenvalue weighted by Gasteiger charge is -2.12. The zero-order valence-electron chi connectivity index (χ0n) is 14.4. The van der Waals surface area contributed by atoms with Crippen LogP contribution in [0.1, 0.15) is 5.82 Å². The minimum Gasteiger partial charge on any atom is -0.497 e. The molecule has 0 unspecified atom stereocenters. The molecule has 0 aliphatic carbocycles. The van der Waals surface area contributed by atoms with Crippen LogP contribution in [0.3, 0.4) is 0 Å². The van der Waals surface area contributed by atoms with E-state index < -0.39 is 0 Å². The van der Waals surface area contributed by atoms with Crippen LogP contribution in [0, 0.1) is 0 Å². The molecule has 4 rings (SSSR count). The molecule has 0 amide bonds. The SMILES string of the molecule is COc1ccc(-c2cn(-c3ccc(OC)cc3)c3[n+]2CCOC3)cc1. The van der Waals surface area contributed by atoms with E-state index in [2.05, 4.69) is 39.6 Å². The minimum atomic E-state index is 0.599. The van der Waals surface area contributed by atoms with Gasteiger partial charge in [-0.1, -0.05) is 0 Å². The summed E-state index contributed by atoms with van der Waals surface area (Å²) in [6.07, 6.45) is 2.17. The first kappa shape index (κ1) is 15.7. The van der Waals surface area contributed by atoms with Gasteiger partial charge in [0.25, 0.3) is 5.82 Å². The summed E-state index contributed by atoms with van der Waals surface area (Å²) in [5, 5.41) is 0. The van der Waals surface area contributed by atoms with Crippen molar-refractivity contribution in [2.75, 3.05) is 20.8 Å². The Balaban J connectivity index is 1.81. The van der Waals surface area contributed by atoms with Crippen LogP contribution in [0.25, 0.3) is 16.9 Å². The fraction of sp³-hybridized carbons (Fsp3) is 0.250. The first-order valence-corrected chi connectivity index (χ1v) is 8.31. The van der Waals surface area contributed by atoms with Gasteiger partial charge in [0.1, 0.15) is 36.5 Å². The Bertz CT molecular complexity index is 795. The van der Waals surface area contributed by atoms with E-state index in [-0.39, 0.29) is 0 Å². The lowest BCUT2D eigenvalue weighted by Crippen LogP contribution is -2.45. The van der Waals surface area contributed by atoms with E-state index in [9.17, 15) is 0 Å². The second-order valence-electron chi connectivity index (χ2n) is 5.93. The summed E-state index contributed by atoms with van der Waals surface area (Å²) < 4.78 is 20.8. The first-order valence-electron chi connectivity index (χ1n) is 8.31. The summed E-state index contributed by atoms with van der Waals surface area (Å²) in [6, 6.07) is 16.2. The number of fused-ring (bicyclic) bond motifs is 1. The van der Waals surface area contributed by atoms with Crippen LogP contribution >= 0.6 is 0 Å². The number of nitrogens with zero attached hydrogens (tertiary/aromatic N) is 2. The van der Waals surface area contributed by atoms with Crippen LogP contribution in [0.5, 0.6) is 11.5 Å². The van der Waals surface area contributed by atoms with Gasteiger partial charge < -0.3 is 14.2 Å².